The van der Waals surface area contributed by atoms with Gasteiger partial charge < -0.3 is 9.47 Å². The number of hydrogen-bond acceptors (Lipinski definition) is 6. The molecule has 0 radical (unpaired) electrons. The molecular formula is C19H16N2O5. The Bertz CT molecular complexity index is 855. The topological polar surface area (TPSA) is 91.0 Å². The highest BCUT2D eigenvalue weighted by Crippen LogP contribution is 2.15. The van der Waals surface area contributed by atoms with Gasteiger partial charge in [0, 0.05) is 17.7 Å². The van der Waals surface area contributed by atoms with Crippen LogP contribution in [0.5, 0.6) is 5.75 Å². The summed E-state index contributed by atoms with van der Waals surface area (Å²) in [7, 11) is 0. The second-order valence-electron chi connectivity index (χ2n) is 5.48. The van der Waals surface area contributed by atoms with Crippen LogP contribution in [0.2, 0.25) is 0 Å². The van der Waals surface area contributed by atoms with Gasteiger partial charge in [0.2, 0.25) is 5.90 Å². The van der Waals surface area contributed by atoms with E-state index in [0.717, 1.165) is 0 Å². The van der Waals surface area contributed by atoms with Gasteiger partial charge in [-0.15, -0.1) is 0 Å². The monoisotopic (exact) mass is 352 g/mol. The summed E-state index contributed by atoms with van der Waals surface area (Å²) in [5.41, 5.74) is 1.24. The number of allylic oxidation sites excluding steroid dienone is 1. The van der Waals surface area contributed by atoms with Crippen molar-refractivity contribution < 1.29 is 19.2 Å². The van der Waals surface area contributed by atoms with Crippen molar-refractivity contribution in [2.45, 2.75) is 0 Å². The van der Waals surface area contributed by atoms with E-state index in [4.69, 9.17) is 9.47 Å². The SMILES string of the molecule is O=C(/C=C/c1ccc([N+](=O)[O-])cc1)c1ccc(OCC2=NCCO2)cc1. The van der Waals surface area contributed by atoms with E-state index in [1.807, 2.05) is 0 Å². The van der Waals surface area contributed by atoms with Gasteiger partial charge in [0.05, 0.1) is 11.5 Å². The fourth-order valence-electron chi connectivity index (χ4n) is 2.30. The van der Waals surface area contributed by atoms with Crippen LogP contribution >= 0.6 is 0 Å². The lowest BCUT2D eigenvalue weighted by molar-refractivity contribution is -0.384. The largest absolute Gasteiger partial charge is 0.484 e. The van der Waals surface area contributed by atoms with Crippen LogP contribution < -0.4 is 4.74 Å². The minimum absolute atomic E-state index is 0.0121. The van der Waals surface area contributed by atoms with Crippen LogP contribution in [0.15, 0.2) is 59.6 Å². The van der Waals surface area contributed by atoms with E-state index in [1.165, 1.54) is 18.2 Å². The Hall–Kier alpha value is -3.48. The van der Waals surface area contributed by atoms with E-state index in [-0.39, 0.29) is 18.1 Å². The van der Waals surface area contributed by atoms with Crippen LogP contribution in [-0.4, -0.2) is 36.4 Å². The molecule has 7 nitrogen and oxygen atoms in total. The van der Waals surface area contributed by atoms with Crippen molar-refractivity contribution in [3.63, 3.8) is 0 Å². The smallest absolute Gasteiger partial charge is 0.269 e. The molecule has 1 aliphatic heterocycles. The highest BCUT2D eigenvalue weighted by molar-refractivity contribution is 6.06. The van der Waals surface area contributed by atoms with Gasteiger partial charge >= 0.3 is 0 Å². The molecule has 1 aliphatic rings. The van der Waals surface area contributed by atoms with E-state index < -0.39 is 4.92 Å². The van der Waals surface area contributed by atoms with Gasteiger partial charge in [0.15, 0.2) is 12.4 Å². The number of ether oxygens (including phenoxy) is 2. The fraction of sp³-hybridized carbons (Fsp3) is 0.158. The van der Waals surface area contributed by atoms with Gasteiger partial charge in [-0.25, -0.2) is 4.99 Å². The summed E-state index contributed by atoms with van der Waals surface area (Å²) in [4.78, 5) is 26.5. The summed E-state index contributed by atoms with van der Waals surface area (Å²) in [5, 5.41) is 10.6. The van der Waals surface area contributed by atoms with Crippen LogP contribution in [0.4, 0.5) is 5.69 Å². The predicted octanol–water partition coefficient (Wildman–Crippen LogP) is 3.30. The maximum absolute atomic E-state index is 12.2. The Labute approximate surface area is 149 Å². The van der Waals surface area contributed by atoms with E-state index >= 15 is 0 Å². The summed E-state index contributed by atoms with van der Waals surface area (Å²) in [5.74, 6) is 1.04. The average molecular weight is 352 g/mol. The van der Waals surface area contributed by atoms with Crippen LogP contribution in [0.3, 0.4) is 0 Å². The molecule has 0 atom stereocenters. The molecule has 0 amide bonds. The zero-order valence-corrected chi connectivity index (χ0v) is 13.8. The third-order valence-electron chi connectivity index (χ3n) is 3.68. The van der Waals surface area contributed by atoms with Crippen molar-refractivity contribution in [1.82, 2.24) is 0 Å². The van der Waals surface area contributed by atoms with E-state index in [0.29, 0.717) is 35.9 Å². The van der Waals surface area contributed by atoms with Crippen molar-refractivity contribution >= 4 is 23.4 Å². The first-order valence-corrected chi connectivity index (χ1v) is 7.98. The maximum Gasteiger partial charge on any atom is 0.269 e. The molecule has 0 bridgehead atoms. The van der Waals surface area contributed by atoms with E-state index in [9.17, 15) is 14.9 Å². The molecule has 0 spiro atoms. The highest BCUT2D eigenvalue weighted by atomic mass is 16.6. The number of ketones is 1. The minimum Gasteiger partial charge on any atom is -0.484 e. The van der Waals surface area contributed by atoms with Crippen molar-refractivity contribution in [2.75, 3.05) is 19.8 Å². The number of carbonyl (C=O) groups is 1. The van der Waals surface area contributed by atoms with Crippen molar-refractivity contribution in [3.8, 4) is 5.75 Å². The molecular weight excluding hydrogens is 336 g/mol. The summed E-state index contributed by atoms with van der Waals surface area (Å²) in [6, 6.07) is 12.7. The highest BCUT2D eigenvalue weighted by Gasteiger charge is 2.08. The normalized spacial score (nSPS) is 13.3. The predicted molar refractivity (Wildman–Crippen MR) is 96.7 cm³/mol. The van der Waals surface area contributed by atoms with Crippen LogP contribution in [0, 0.1) is 10.1 Å². The molecule has 0 unspecified atom stereocenters. The summed E-state index contributed by atoms with van der Waals surface area (Å²) in [6.45, 7) is 1.52. The standard InChI is InChI=1S/C19H16N2O5/c22-18(10-3-14-1-6-16(7-2-14)21(23)24)15-4-8-17(9-5-15)26-13-19-20-11-12-25-19/h1-10H,11-13H2/b10-3+. The maximum atomic E-state index is 12.2. The van der Waals surface area contributed by atoms with Gasteiger partial charge in [-0.1, -0.05) is 6.08 Å². The quantitative estimate of drug-likeness (QED) is 0.330. The fourth-order valence-corrected chi connectivity index (χ4v) is 2.30. The number of nitro benzene ring substituents is 1. The molecule has 0 aromatic heterocycles. The molecule has 3 rings (SSSR count). The third kappa shape index (κ3) is 4.54. The average Bonchev–Trinajstić information content (AvgIpc) is 3.19. The Morgan fingerprint density at radius 1 is 1.19 bits per heavy atom. The minimum atomic E-state index is -0.465. The van der Waals surface area contributed by atoms with Crippen molar-refractivity contribution in [3.05, 3.63) is 75.8 Å². The Morgan fingerprint density at radius 2 is 1.92 bits per heavy atom. The van der Waals surface area contributed by atoms with Crippen molar-refractivity contribution in [2.24, 2.45) is 4.99 Å². The molecule has 2 aromatic carbocycles. The first kappa shape index (κ1) is 17.3. The summed E-state index contributed by atoms with van der Waals surface area (Å²) >= 11 is 0. The first-order valence-electron chi connectivity index (χ1n) is 7.98. The van der Waals surface area contributed by atoms with Gasteiger partial charge in [0.1, 0.15) is 12.4 Å². The number of carbonyl (C=O) groups excluding carboxylic acids is 1. The Morgan fingerprint density at radius 3 is 2.54 bits per heavy atom. The number of rotatable bonds is 7. The van der Waals surface area contributed by atoms with Gasteiger partial charge in [-0.2, -0.15) is 0 Å². The number of nitro groups is 1. The second kappa shape index (κ2) is 8.06. The molecule has 2 aromatic rings. The molecule has 0 saturated heterocycles. The first-order chi connectivity index (χ1) is 12.6. The zero-order chi connectivity index (χ0) is 18.4. The number of benzene rings is 2. The number of non-ortho nitro benzene ring substituents is 1. The lowest BCUT2D eigenvalue weighted by atomic mass is 10.1. The summed E-state index contributed by atoms with van der Waals surface area (Å²) < 4.78 is 10.8. The zero-order valence-electron chi connectivity index (χ0n) is 13.8. The third-order valence-corrected chi connectivity index (χ3v) is 3.68. The molecule has 0 saturated carbocycles. The van der Waals surface area contributed by atoms with E-state index in [2.05, 4.69) is 4.99 Å². The van der Waals surface area contributed by atoms with Gasteiger partial charge in [-0.05, 0) is 48.0 Å². The molecule has 132 valence electrons. The Kier molecular flexibility index (Phi) is 5.38. The molecule has 26 heavy (non-hydrogen) atoms. The number of hydrogen-bond donors (Lipinski definition) is 0. The van der Waals surface area contributed by atoms with Gasteiger partial charge in [-0.3, -0.25) is 14.9 Å². The number of aliphatic imine (C=N–C) groups is 1. The van der Waals surface area contributed by atoms with Crippen LogP contribution in [0.25, 0.3) is 6.08 Å². The summed E-state index contributed by atoms with van der Waals surface area (Å²) in [6.07, 6.45) is 3.05. The van der Waals surface area contributed by atoms with Gasteiger partial charge in [0.25, 0.3) is 5.69 Å². The lowest BCUT2D eigenvalue weighted by Gasteiger charge is -2.06. The molecule has 0 aliphatic carbocycles. The lowest BCUT2D eigenvalue weighted by Crippen LogP contribution is -2.11. The van der Waals surface area contributed by atoms with Crippen molar-refractivity contribution in [1.29, 1.82) is 0 Å². The molecule has 7 heteroatoms. The van der Waals surface area contributed by atoms with E-state index in [1.54, 1.807) is 42.5 Å². The van der Waals surface area contributed by atoms with Crippen LogP contribution in [-0.2, 0) is 4.74 Å². The van der Waals surface area contributed by atoms with Crippen LogP contribution in [0.1, 0.15) is 15.9 Å². The molecule has 0 fully saturated rings. The number of nitrogens with zero attached hydrogens (tertiary/aromatic N) is 2. The molecule has 0 N–H and O–H groups in total. The molecule has 1 heterocycles. The second-order valence-corrected chi connectivity index (χ2v) is 5.48. The Balaban J connectivity index is 1.57.